The molecular weight excluding hydrogens is 536 g/mol. The summed E-state index contributed by atoms with van der Waals surface area (Å²) in [4.78, 5) is 46.6. The molecule has 0 aliphatic carbocycles. The molecule has 1 fully saturated rings. The molecule has 5 atom stereocenters. The summed E-state index contributed by atoms with van der Waals surface area (Å²) in [6.07, 6.45) is -9.14. The number of hydrogen-bond donors (Lipinski definition) is 5. The maximum atomic E-state index is 12.7. The van der Waals surface area contributed by atoms with Gasteiger partial charge in [-0.15, -0.1) is 0 Å². The highest BCUT2D eigenvalue weighted by Crippen LogP contribution is 2.34. The molecule has 1 saturated heterocycles. The zero-order valence-corrected chi connectivity index (χ0v) is 20.8. The molecule has 1 aliphatic heterocycles. The van der Waals surface area contributed by atoms with E-state index in [9.17, 15) is 39.6 Å². The van der Waals surface area contributed by atoms with Gasteiger partial charge in [-0.25, -0.2) is 0 Å². The number of fused-ring (bicyclic) bond motifs is 1. The minimum absolute atomic E-state index is 0.000610. The SMILES string of the molecule is CC(=O)OC1C(COC(=O)CC(=O)O)OC(Oc2cc(O)c3c(=O)cc(-c4ccc(O)cc4)oc3c2)C(O)C1O. The lowest BCUT2D eigenvalue weighted by atomic mass is 9.99. The van der Waals surface area contributed by atoms with E-state index in [1.165, 1.54) is 30.3 Å². The molecule has 1 aliphatic rings. The highest BCUT2D eigenvalue weighted by Gasteiger charge is 2.48. The van der Waals surface area contributed by atoms with Gasteiger partial charge in [-0.3, -0.25) is 19.2 Å². The third kappa shape index (κ3) is 6.31. The van der Waals surface area contributed by atoms with E-state index in [1.54, 1.807) is 0 Å². The van der Waals surface area contributed by atoms with Crippen molar-refractivity contribution in [3.05, 3.63) is 52.7 Å². The molecule has 14 nitrogen and oxygen atoms in total. The van der Waals surface area contributed by atoms with Crippen molar-refractivity contribution in [1.82, 2.24) is 0 Å². The number of ether oxygens (including phenoxy) is 4. The number of aliphatic hydroxyl groups is 2. The maximum Gasteiger partial charge on any atom is 0.317 e. The van der Waals surface area contributed by atoms with Crippen LogP contribution in [0.15, 0.2) is 51.7 Å². The number of rotatable bonds is 8. The van der Waals surface area contributed by atoms with E-state index < -0.39 is 72.8 Å². The van der Waals surface area contributed by atoms with Crippen LogP contribution < -0.4 is 10.2 Å². The summed E-state index contributed by atoms with van der Waals surface area (Å²) in [6, 6.07) is 9.23. The first kappa shape index (κ1) is 28.4. The fourth-order valence-corrected chi connectivity index (χ4v) is 4.04. The van der Waals surface area contributed by atoms with E-state index in [4.69, 9.17) is 28.5 Å². The molecule has 0 saturated carbocycles. The summed E-state index contributed by atoms with van der Waals surface area (Å²) in [6.45, 7) is 0.370. The number of aliphatic carboxylic acids is 1. The fraction of sp³-hybridized carbons (Fsp3) is 0.308. The number of phenolic OH excluding ortho intramolecular Hbond substituents is 2. The lowest BCUT2D eigenvalue weighted by molar-refractivity contribution is -0.282. The summed E-state index contributed by atoms with van der Waals surface area (Å²) >= 11 is 0. The van der Waals surface area contributed by atoms with E-state index in [-0.39, 0.29) is 28.2 Å². The third-order valence-electron chi connectivity index (χ3n) is 5.83. The van der Waals surface area contributed by atoms with Crippen LogP contribution in [0.4, 0.5) is 0 Å². The van der Waals surface area contributed by atoms with E-state index in [1.807, 2.05) is 0 Å². The average Bonchev–Trinajstić information content (AvgIpc) is 2.87. The number of carbonyl (C=O) groups excluding carboxylic acids is 2. The molecule has 40 heavy (non-hydrogen) atoms. The molecule has 0 spiro atoms. The topological polar surface area (TPSA) is 219 Å². The van der Waals surface area contributed by atoms with E-state index >= 15 is 0 Å². The molecular formula is C26H24O14. The summed E-state index contributed by atoms with van der Waals surface area (Å²) in [7, 11) is 0. The number of aromatic hydroxyl groups is 2. The van der Waals surface area contributed by atoms with Crippen molar-refractivity contribution < 1.29 is 63.3 Å². The molecule has 1 aromatic heterocycles. The van der Waals surface area contributed by atoms with E-state index in [2.05, 4.69) is 0 Å². The number of hydrogen-bond acceptors (Lipinski definition) is 13. The van der Waals surface area contributed by atoms with Crippen LogP contribution in [0, 0.1) is 0 Å². The summed E-state index contributed by atoms with van der Waals surface area (Å²) in [5, 5.41) is 49.8. The van der Waals surface area contributed by atoms with Crippen LogP contribution in [0.3, 0.4) is 0 Å². The van der Waals surface area contributed by atoms with Gasteiger partial charge in [0.1, 0.15) is 65.3 Å². The zero-order valence-electron chi connectivity index (χ0n) is 20.8. The number of esters is 2. The van der Waals surface area contributed by atoms with Crippen LogP contribution in [0.5, 0.6) is 17.2 Å². The Morgan fingerprint density at radius 2 is 1.70 bits per heavy atom. The molecule has 0 bridgehead atoms. The van der Waals surface area contributed by atoms with E-state index in [0.717, 1.165) is 19.1 Å². The fourth-order valence-electron chi connectivity index (χ4n) is 4.04. The summed E-state index contributed by atoms with van der Waals surface area (Å²) in [5.74, 6) is -4.00. The molecule has 2 heterocycles. The second kappa shape index (κ2) is 11.6. The predicted octanol–water partition coefficient (Wildman–Crippen LogP) is 0.646. The Kier molecular flexibility index (Phi) is 8.23. The first-order valence-corrected chi connectivity index (χ1v) is 11.8. The zero-order chi connectivity index (χ0) is 29.1. The van der Waals surface area contributed by atoms with Gasteiger partial charge in [-0.05, 0) is 24.3 Å². The molecule has 2 aromatic carbocycles. The van der Waals surface area contributed by atoms with Gasteiger partial charge in [0.05, 0.1) is 0 Å². The summed E-state index contributed by atoms with van der Waals surface area (Å²) in [5.41, 5.74) is -0.229. The Morgan fingerprint density at radius 1 is 1.00 bits per heavy atom. The van der Waals surface area contributed by atoms with Crippen molar-refractivity contribution in [2.45, 2.75) is 44.1 Å². The molecule has 5 unspecified atom stereocenters. The lowest BCUT2D eigenvalue weighted by Gasteiger charge is -2.41. The predicted molar refractivity (Wildman–Crippen MR) is 131 cm³/mol. The van der Waals surface area contributed by atoms with Crippen LogP contribution >= 0.6 is 0 Å². The van der Waals surface area contributed by atoms with Gasteiger partial charge >= 0.3 is 17.9 Å². The molecule has 0 radical (unpaired) electrons. The monoisotopic (exact) mass is 560 g/mol. The van der Waals surface area contributed by atoms with Gasteiger partial charge in [-0.2, -0.15) is 0 Å². The molecule has 4 rings (SSSR count). The Hall–Kier alpha value is -4.66. The normalized spacial score (nSPS) is 22.4. The number of aliphatic hydroxyl groups excluding tert-OH is 2. The first-order valence-electron chi connectivity index (χ1n) is 11.8. The number of carboxylic acid groups (broad SMARTS) is 1. The second-order valence-electron chi connectivity index (χ2n) is 8.81. The van der Waals surface area contributed by atoms with Gasteiger partial charge in [-0.1, -0.05) is 0 Å². The Bertz CT molecular complexity index is 1480. The minimum Gasteiger partial charge on any atom is -0.508 e. The van der Waals surface area contributed by atoms with E-state index in [0.29, 0.717) is 5.56 Å². The van der Waals surface area contributed by atoms with Gasteiger partial charge in [0.2, 0.25) is 6.29 Å². The smallest absolute Gasteiger partial charge is 0.317 e. The van der Waals surface area contributed by atoms with Gasteiger partial charge < -0.3 is 48.9 Å². The quantitative estimate of drug-likeness (QED) is 0.189. The maximum absolute atomic E-state index is 12.7. The van der Waals surface area contributed by atoms with Crippen LogP contribution in [-0.4, -0.2) is 80.8 Å². The average molecular weight is 560 g/mol. The molecule has 0 amide bonds. The second-order valence-corrected chi connectivity index (χ2v) is 8.81. The van der Waals surface area contributed by atoms with Crippen molar-refractivity contribution in [3.63, 3.8) is 0 Å². The van der Waals surface area contributed by atoms with Crippen molar-refractivity contribution in [2.24, 2.45) is 0 Å². The number of benzene rings is 2. The standard InChI is InChI=1S/C26H24O14/c1-11(27)37-25-19(10-36-21(33)9-20(31)32)40-26(24(35)23(25)34)38-14-6-15(29)22-16(30)8-17(39-18(22)7-14)12-2-4-13(28)5-3-12/h2-8,19,23-26,28-29,34-35H,9-10H2,1H3,(H,31,32). The van der Waals surface area contributed by atoms with Crippen molar-refractivity contribution in [1.29, 1.82) is 0 Å². The minimum atomic E-state index is -1.82. The van der Waals surface area contributed by atoms with Crippen LogP contribution in [0.2, 0.25) is 0 Å². The Morgan fingerprint density at radius 3 is 2.35 bits per heavy atom. The molecule has 212 valence electrons. The van der Waals surface area contributed by atoms with Crippen LogP contribution in [0.25, 0.3) is 22.3 Å². The molecule has 14 heteroatoms. The van der Waals surface area contributed by atoms with Gasteiger partial charge in [0.25, 0.3) is 0 Å². The number of carboxylic acids is 1. The van der Waals surface area contributed by atoms with Gasteiger partial charge in [0.15, 0.2) is 11.5 Å². The largest absolute Gasteiger partial charge is 0.508 e. The Balaban J connectivity index is 1.61. The molecule has 3 aromatic rings. The van der Waals surface area contributed by atoms with Crippen molar-refractivity contribution >= 4 is 28.9 Å². The Labute approximate surface area is 224 Å². The highest BCUT2D eigenvalue weighted by atomic mass is 16.7. The lowest BCUT2D eigenvalue weighted by Crippen LogP contribution is -2.61. The summed E-state index contributed by atoms with van der Waals surface area (Å²) < 4.78 is 26.8. The van der Waals surface area contributed by atoms with Crippen LogP contribution in [0.1, 0.15) is 13.3 Å². The molecule has 5 N–H and O–H groups in total. The van der Waals surface area contributed by atoms with Gasteiger partial charge in [0, 0.05) is 30.7 Å². The highest BCUT2D eigenvalue weighted by molar-refractivity contribution is 5.90. The third-order valence-corrected chi connectivity index (χ3v) is 5.83. The van der Waals surface area contributed by atoms with Crippen molar-refractivity contribution in [3.8, 4) is 28.6 Å². The van der Waals surface area contributed by atoms with Crippen molar-refractivity contribution in [2.75, 3.05) is 6.61 Å². The number of carbonyl (C=O) groups is 3. The number of phenols is 2. The first-order chi connectivity index (χ1) is 18.9. The van der Waals surface area contributed by atoms with Crippen LogP contribution in [-0.2, 0) is 28.6 Å².